The van der Waals surface area contributed by atoms with Crippen molar-refractivity contribution in [1.82, 2.24) is 9.78 Å². The maximum absolute atomic E-state index is 5.77. The molecule has 2 aromatic rings. The molecule has 0 fully saturated rings. The molecule has 0 atom stereocenters. The molecule has 2 N–H and O–H groups in total. The van der Waals surface area contributed by atoms with Gasteiger partial charge in [-0.25, -0.2) is 4.68 Å². The van der Waals surface area contributed by atoms with Crippen molar-refractivity contribution in [1.29, 1.82) is 0 Å². The minimum absolute atomic E-state index is 0.547. The van der Waals surface area contributed by atoms with Gasteiger partial charge in [0.05, 0.1) is 11.9 Å². The fourth-order valence-electron chi connectivity index (χ4n) is 2.15. The number of halogens is 1. The predicted molar refractivity (Wildman–Crippen MR) is 77.9 cm³/mol. The highest BCUT2D eigenvalue weighted by atomic mass is 79.9. The average molecular weight is 308 g/mol. The van der Waals surface area contributed by atoms with Crippen LogP contribution in [0.2, 0.25) is 0 Å². The molecule has 0 saturated heterocycles. The zero-order valence-corrected chi connectivity index (χ0v) is 12.4. The molecule has 1 aromatic heterocycles. The molecule has 0 spiro atoms. The van der Waals surface area contributed by atoms with E-state index in [1.54, 1.807) is 0 Å². The van der Waals surface area contributed by atoms with E-state index in [0.717, 1.165) is 28.6 Å². The standard InChI is InChI=1S/C14H18BrN3/c1-3-4-14-11(8-16)9-17-18(14)13-6-5-12(15)7-10(13)2/h5-7,9H,3-4,8,16H2,1-2H3. The van der Waals surface area contributed by atoms with Crippen LogP contribution < -0.4 is 5.73 Å². The molecule has 0 aliphatic carbocycles. The number of rotatable bonds is 4. The predicted octanol–water partition coefficient (Wildman–Crippen LogP) is 3.35. The van der Waals surface area contributed by atoms with E-state index in [1.807, 2.05) is 16.9 Å². The zero-order chi connectivity index (χ0) is 13.1. The van der Waals surface area contributed by atoms with Crippen molar-refractivity contribution in [3.05, 3.63) is 45.7 Å². The average Bonchev–Trinajstić information content (AvgIpc) is 2.73. The number of nitrogens with zero attached hydrogens (tertiary/aromatic N) is 2. The Morgan fingerprint density at radius 3 is 2.78 bits per heavy atom. The van der Waals surface area contributed by atoms with Gasteiger partial charge in [-0.1, -0.05) is 29.3 Å². The fourth-order valence-corrected chi connectivity index (χ4v) is 2.62. The molecule has 2 rings (SSSR count). The van der Waals surface area contributed by atoms with Gasteiger partial charge in [0.1, 0.15) is 0 Å². The van der Waals surface area contributed by atoms with Crippen molar-refractivity contribution < 1.29 is 0 Å². The second-order valence-electron chi connectivity index (χ2n) is 4.41. The van der Waals surface area contributed by atoms with Crippen LogP contribution in [0.1, 0.15) is 30.2 Å². The van der Waals surface area contributed by atoms with Gasteiger partial charge in [0.15, 0.2) is 0 Å². The van der Waals surface area contributed by atoms with Crippen molar-refractivity contribution in [2.24, 2.45) is 5.73 Å². The third-order valence-electron chi connectivity index (χ3n) is 3.05. The number of benzene rings is 1. The molecule has 3 nitrogen and oxygen atoms in total. The van der Waals surface area contributed by atoms with Crippen LogP contribution in [0.4, 0.5) is 0 Å². The molecule has 0 amide bonds. The highest BCUT2D eigenvalue weighted by Gasteiger charge is 2.12. The molecule has 96 valence electrons. The van der Waals surface area contributed by atoms with Crippen molar-refractivity contribution in [3.63, 3.8) is 0 Å². The maximum Gasteiger partial charge on any atom is 0.0678 e. The molecule has 1 aromatic carbocycles. The quantitative estimate of drug-likeness (QED) is 0.941. The molecule has 0 radical (unpaired) electrons. The van der Waals surface area contributed by atoms with Crippen LogP contribution in [0.25, 0.3) is 5.69 Å². The third-order valence-corrected chi connectivity index (χ3v) is 3.54. The Labute approximate surface area is 116 Å². The molecular formula is C14H18BrN3. The summed E-state index contributed by atoms with van der Waals surface area (Å²) in [5.41, 5.74) is 10.5. The summed E-state index contributed by atoms with van der Waals surface area (Å²) >= 11 is 3.49. The Hall–Kier alpha value is -1.13. The lowest BCUT2D eigenvalue weighted by Gasteiger charge is -2.11. The van der Waals surface area contributed by atoms with Crippen LogP contribution in [-0.4, -0.2) is 9.78 Å². The summed E-state index contributed by atoms with van der Waals surface area (Å²) in [5.74, 6) is 0. The summed E-state index contributed by atoms with van der Waals surface area (Å²) in [7, 11) is 0. The van der Waals surface area contributed by atoms with Gasteiger partial charge in [-0.2, -0.15) is 5.10 Å². The van der Waals surface area contributed by atoms with Gasteiger partial charge in [0, 0.05) is 22.3 Å². The SMILES string of the molecule is CCCc1c(CN)cnn1-c1ccc(Br)cc1C. The zero-order valence-electron chi connectivity index (χ0n) is 10.8. The van der Waals surface area contributed by atoms with E-state index in [-0.39, 0.29) is 0 Å². The van der Waals surface area contributed by atoms with Gasteiger partial charge in [0.2, 0.25) is 0 Å². The van der Waals surface area contributed by atoms with E-state index in [9.17, 15) is 0 Å². The molecule has 4 heteroatoms. The molecule has 1 heterocycles. The lowest BCUT2D eigenvalue weighted by molar-refractivity contribution is 0.764. The molecule has 0 aliphatic heterocycles. The summed E-state index contributed by atoms with van der Waals surface area (Å²) in [5, 5.41) is 4.49. The van der Waals surface area contributed by atoms with Crippen LogP contribution in [0, 0.1) is 6.92 Å². The number of nitrogens with two attached hydrogens (primary N) is 1. The molecule has 0 bridgehead atoms. The normalized spacial score (nSPS) is 10.9. The minimum Gasteiger partial charge on any atom is -0.326 e. The highest BCUT2D eigenvalue weighted by Crippen LogP contribution is 2.22. The Balaban J connectivity index is 2.52. The largest absolute Gasteiger partial charge is 0.326 e. The van der Waals surface area contributed by atoms with Crippen molar-refractivity contribution >= 4 is 15.9 Å². The van der Waals surface area contributed by atoms with E-state index < -0.39 is 0 Å². The third kappa shape index (κ3) is 2.49. The van der Waals surface area contributed by atoms with E-state index >= 15 is 0 Å². The summed E-state index contributed by atoms with van der Waals surface area (Å²) in [6.45, 7) is 4.82. The van der Waals surface area contributed by atoms with Gasteiger partial charge in [-0.3, -0.25) is 0 Å². The first kappa shape index (κ1) is 13.3. The van der Waals surface area contributed by atoms with Gasteiger partial charge in [-0.15, -0.1) is 0 Å². The van der Waals surface area contributed by atoms with Crippen molar-refractivity contribution in [3.8, 4) is 5.69 Å². The lowest BCUT2D eigenvalue weighted by atomic mass is 10.1. The van der Waals surface area contributed by atoms with Crippen molar-refractivity contribution in [2.45, 2.75) is 33.2 Å². The Kier molecular flexibility index (Phi) is 4.19. The van der Waals surface area contributed by atoms with Gasteiger partial charge < -0.3 is 5.73 Å². The molecule has 0 aliphatic rings. The second-order valence-corrected chi connectivity index (χ2v) is 5.33. The molecular weight excluding hydrogens is 290 g/mol. The maximum atomic E-state index is 5.77. The molecule has 0 saturated carbocycles. The molecule has 18 heavy (non-hydrogen) atoms. The van der Waals surface area contributed by atoms with Crippen LogP contribution in [0.15, 0.2) is 28.9 Å². The smallest absolute Gasteiger partial charge is 0.0678 e. The van der Waals surface area contributed by atoms with Gasteiger partial charge in [-0.05, 0) is 37.1 Å². The second kappa shape index (κ2) is 5.67. The Morgan fingerprint density at radius 2 is 2.17 bits per heavy atom. The van der Waals surface area contributed by atoms with Gasteiger partial charge in [0.25, 0.3) is 0 Å². The van der Waals surface area contributed by atoms with Crippen LogP contribution in [0.5, 0.6) is 0 Å². The monoisotopic (exact) mass is 307 g/mol. The van der Waals surface area contributed by atoms with E-state index in [0.29, 0.717) is 6.54 Å². The van der Waals surface area contributed by atoms with Crippen LogP contribution in [0.3, 0.4) is 0 Å². The lowest BCUT2D eigenvalue weighted by Crippen LogP contribution is -2.07. The topological polar surface area (TPSA) is 43.8 Å². The number of aryl methyl sites for hydroxylation is 1. The summed E-state index contributed by atoms with van der Waals surface area (Å²) in [4.78, 5) is 0. The first-order valence-corrected chi connectivity index (χ1v) is 6.99. The van der Waals surface area contributed by atoms with Crippen LogP contribution in [-0.2, 0) is 13.0 Å². The van der Waals surface area contributed by atoms with E-state index in [4.69, 9.17) is 5.73 Å². The van der Waals surface area contributed by atoms with Gasteiger partial charge >= 0.3 is 0 Å². The first-order valence-electron chi connectivity index (χ1n) is 6.19. The fraction of sp³-hybridized carbons (Fsp3) is 0.357. The Morgan fingerprint density at radius 1 is 1.39 bits per heavy atom. The Bertz CT molecular complexity index is 546. The van der Waals surface area contributed by atoms with Crippen LogP contribution >= 0.6 is 15.9 Å². The van der Waals surface area contributed by atoms with E-state index in [2.05, 4.69) is 47.0 Å². The number of hydrogen-bond acceptors (Lipinski definition) is 2. The number of hydrogen-bond donors (Lipinski definition) is 1. The highest BCUT2D eigenvalue weighted by molar-refractivity contribution is 9.10. The first-order chi connectivity index (χ1) is 8.67. The molecule has 0 unspecified atom stereocenters. The van der Waals surface area contributed by atoms with Crippen molar-refractivity contribution in [2.75, 3.05) is 0 Å². The summed E-state index contributed by atoms with van der Waals surface area (Å²) < 4.78 is 3.11. The van der Waals surface area contributed by atoms with E-state index in [1.165, 1.54) is 11.3 Å². The summed E-state index contributed by atoms with van der Waals surface area (Å²) in [6, 6.07) is 6.24. The number of aromatic nitrogens is 2. The summed E-state index contributed by atoms with van der Waals surface area (Å²) in [6.07, 6.45) is 3.97. The minimum atomic E-state index is 0.547.